The van der Waals surface area contributed by atoms with Crippen LogP contribution in [0.15, 0.2) is 23.1 Å². The summed E-state index contributed by atoms with van der Waals surface area (Å²) in [6.07, 6.45) is 1.01. The van der Waals surface area contributed by atoms with E-state index in [1.807, 2.05) is 51.3 Å². The normalized spacial score (nSPS) is 20.9. The van der Waals surface area contributed by atoms with Crippen LogP contribution in [0.2, 0.25) is 5.02 Å². The number of aliphatic carboxylic acids is 1. The first-order valence-corrected chi connectivity index (χ1v) is 14.0. The van der Waals surface area contributed by atoms with Crippen LogP contribution in [0.25, 0.3) is 10.9 Å². The van der Waals surface area contributed by atoms with Crippen molar-refractivity contribution in [2.75, 3.05) is 6.26 Å². The van der Waals surface area contributed by atoms with Crippen molar-refractivity contribution in [1.82, 2.24) is 4.57 Å². The molecule has 0 radical (unpaired) electrons. The van der Waals surface area contributed by atoms with Crippen molar-refractivity contribution in [2.45, 2.75) is 70.7 Å². The average Bonchev–Trinajstić information content (AvgIpc) is 3.14. The van der Waals surface area contributed by atoms with Crippen LogP contribution in [0.5, 0.6) is 0 Å². The van der Waals surface area contributed by atoms with Crippen molar-refractivity contribution in [3.05, 3.63) is 62.6 Å². The van der Waals surface area contributed by atoms with Gasteiger partial charge in [-0.2, -0.15) is 0 Å². The van der Waals surface area contributed by atoms with Crippen molar-refractivity contribution in [1.29, 1.82) is 0 Å². The number of carboxylic acids is 1. The highest BCUT2D eigenvalue weighted by molar-refractivity contribution is 7.91. The van der Waals surface area contributed by atoms with Crippen molar-refractivity contribution >= 4 is 38.3 Å². The molecule has 8 heteroatoms. The zero-order valence-electron chi connectivity index (χ0n) is 21.0. The lowest BCUT2D eigenvalue weighted by atomic mass is 9.87. The van der Waals surface area contributed by atoms with Crippen LogP contribution in [0.1, 0.15) is 150 Å². The van der Waals surface area contributed by atoms with E-state index in [9.17, 15) is 18.3 Å². The Morgan fingerprint density at radius 3 is 2.29 bits per heavy atom. The first-order chi connectivity index (χ1) is 16.2. The third-order valence-electron chi connectivity index (χ3n) is 7.87. The Labute approximate surface area is 285 Å². The number of nitrogens with zero attached hydrogens (tertiary/aromatic N) is 1. The molecule has 1 aliphatic carbocycles. The molecule has 0 saturated carbocycles. The number of carboxylic acid groups (broad SMARTS) is 1. The highest BCUT2D eigenvalue weighted by atomic mass is 35.5. The van der Waals surface area contributed by atoms with E-state index in [-0.39, 0.29) is 112 Å². The molecule has 1 aromatic heterocycles. The molecule has 0 spiro atoms. The summed E-state index contributed by atoms with van der Waals surface area (Å²) in [5.74, 6) is -1.90. The Bertz CT molecular complexity index is 1550. The Kier molecular flexibility index (Phi) is 6.34. The van der Waals surface area contributed by atoms with Crippen LogP contribution < -0.4 is 0 Å². The quantitative estimate of drug-likeness (QED) is 0.308. The van der Waals surface area contributed by atoms with Crippen molar-refractivity contribution < 1.29 is 94.0 Å². The van der Waals surface area contributed by atoms with E-state index in [0.29, 0.717) is 15.9 Å². The standard InChI is InChI=1S/C27H31ClFNO4S.50H2/c1-12-8-18(28)9-13(2)23(12)17(6)30-25-19(11-22(31)32)14(3)15(4)24(25)20-10-21(29)16(5)27(26(20)30)35(7,33)34;;;;;;;;;;;;;;;;;;;;;;;;;;;;;;;;;;;;;;;;;;;;;;;;;;/h8-10,14-15,17,19H,11H2,1-7H3,(H,31,32);50*1H/t14?,15?,17?,19-;;;;;;;;;;;;;;;;;;;;;;;;;;;;;;;;;;;;;;;;;;;;;;;;;;/m0................................................../s1. The SMILES string of the molecule is Cc1cc(Cl)cc(C)c1C(C)n1c2c(c3cc(F)c(C)c(S(C)(=O)=O)c31)C(C)C(C)[C@@H]2CC(=O)O.[HH].[HH].[HH].[HH].[HH].[HH].[HH].[HH].[HH].[HH].[HH].[HH].[HH].[HH].[HH].[HH].[HH].[HH].[HH].[HH].[HH].[HH].[HH].[HH].[HH].[HH].[HH].[HH].[HH].[HH].[HH].[HH].[HH].[HH].[HH].[HH].[HH].[HH].[HH].[HH].[HH].[HH].[HH].[HH].[HH].[HH].[HH].[HH].[HH].[HH]. The van der Waals surface area contributed by atoms with Gasteiger partial charge in [-0.25, -0.2) is 12.8 Å². The van der Waals surface area contributed by atoms with Gasteiger partial charge in [0.2, 0.25) is 0 Å². The fraction of sp³-hybridized carbons (Fsp3) is 0.444. The largest absolute Gasteiger partial charge is 0.481 e. The van der Waals surface area contributed by atoms with Gasteiger partial charge in [0.25, 0.3) is 0 Å². The molecular formula is C27H131ClFNO4S. The number of aryl methyl sites for hydroxylation is 2. The first-order valence-electron chi connectivity index (χ1n) is 11.7. The number of aromatic nitrogens is 1. The lowest BCUT2D eigenvalue weighted by Crippen LogP contribution is -2.20. The minimum Gasteiger partial charge on any atom is -0.481 e. The molecule has 0 fully saturated rings. The number of carbonyl (C=O) groups is 1. The van der Waals surface area contributed by atoms with E-state index in [2.05, 4.69) is 0 Å². The average molecular weight is 621 g/mol. The highest BCUT2D eigenvalue weighted by Gasteiger charge is 2.43. The number of rotatable bonds is 5. The maximum atomic E-state index is 15.2. The molecule has 0 bridgehead atoms. The number of sulfone groups is 1. The summed E-state index contributed by atoms with van der Waals surface area (Å²) < 4.78 is 43.2. The minimum absolute atomic E-state index is 0. The van der Waals surface area contributed by atoms with E-state index in [4.69, 9.17) is 11.6 Å². The van der Waals surface area contributed by atoms with Crippen LogP contribution in [0.3, 0.4) is 0 Å². The second-order valence-electron chi connectivity index (χ2n) is 10.1. The van der Waals surface area contributed by atoms with Gasteiger partial charge in [0.05, 0.1) is 22.9 Å². The number of benzene rings is 2. The molecule has 0 amide bonds. The Morgan fingerprint density at radius 2 is 1.77 bits per heavy atom. The van der Waals surface area contributed by atoms with E-state index >= 15 is 4.39 Å². The van der Waals surface area contributed by atoms with Gasteiger partial charge in [-0.05, 0) is 80.0 Å². The number of hydrogen-bond acceptors (Lipinski definition) is 3. The van der Waals surface area contributed by atoms with Gasteiger partial charge in [-0.3, -0.25) is 4.79 Å². The van der Waals surface area contributed by atoms with Gasteiger partial charge in [0.15, 0.2) is 9.84 Å². The fourth-order valence-corrected chi connectivity index (χ4v) is 7.84. The summed E-state index contributed by atoms with van der Waals surface area (Å²) in [6, 6.07) is 4.83. The lowest BCUT2D eigenvalue weighted by molar-refractivity contribution is -0.137. The topological polar surface area (TPSA) is 76.4 Å². The Balaban J connectivity index is -0.00000000642. The number of hydrogen-bond donors (Lipinski definition) is 1. The van der Waals surface area contributed by atoms with Crippen LogP contribution in [0.4, 0.5) is 4.39 Å². The summed E-state index contributed by atoms with van der Waals surface area (Å²) in [7, 11) is -3.81. The predicted molar refractivity (Wildman–Crippen MR) is 243 cm³/mol. The van der Waals surface area contributed by atoms with Gasteiger partial charge < -0.3 is 9.67 Å². The summed E-state index contributed by atoms with van der Waals surface area (Å²) >= 11 is 6.29. The summed E-state index contributed by atoms with van der Waals surface area (Å²) in [6.45, 7) is 11.4. The highest BCUT2D eigenvalue weighted by Crippen LogP contribution is 2.54. The number of fused-ring (bicyclic) bond motifs is 3. The van der Waals surface area contributed by atoms with Crippen molar-refractivity contribution in [3.63, 3.8) is 0 Å². The zero-order chi connectivity index (χ0) is 26.1. The van der Waals surface area contributed by atoms with Crippen LogP contribution in [-0.2, 0) is 14.6 Å². The molecule has 0 saturated heterocycles. The summed E-state index contributed by atoms with van der Waals surface area (Å²) in [4.78, 5) is 11.8. The monoisotopic (exact) mass is 620 g/mol. The van der Waals surface area contributed by atoms with Crippen LogP contribution >= 0.6 is 11.6 Å². The van der Waals surface area contributed by atoms with Crippen LogP contribution in [-0.4, -0.2) is 30.3 Å². The van der Waals surface area contributed by atoms with E-state index in [1.54, 1.807) is 0 Å². The van der Waals surface area contributed by atoms with Gasteiger partial charge in [-0.1, -0.05) is 25.4 Å². The van der Waals surface area contributed by atoms with Gasteiger partial charge in [-0.15, -0.1) is 0 Å². The van der Waals surface area contributed by atoms with Crippen molar-refractivity contribution in [2.24, 2.45) is 5.92 Å². The molecule has 3 unspecified atom stereocenters. The molecule has 4 rings (SSSR count). The second-order valence-corrected chi connectivity index (χ2v) is 12.5. The third-order valence-corrected chi connectivity index (χ3v) is 9.32. The smallest absolute Gasteiger partial charge is 0.304 e. The molecule has 35 heavy (non-hydrogen) atoms. The van der Waals surface area contributed by atoms with Crippen molar-refractivity contribution in [3.8, 4) is 0 Å². The minimum atomic E-state index is -3.81. The molecule has 288 valence electrons. The third kappa shape index (κ3) is 3.97. The first kappa shape index (κ1) is 25.7. The Hall–Kier alpha value is -2.38. The van der Waals surface area contributed by atoms with Gasteiger partial charge >= 0.3 is 5.97 Å². The molecule has 5 nitrogen and oxygen atoms in total. The summed E-state index contributed by atoms with van der Waals surface area (Å²) in [5.41, 5.74) is 5.05. The van der Waals surface area contributed by atoms with E-state index < -0.39 is 21.6 Å². The predicted octanol–water partition coefficient (Wildman–Crippen LogP) is 19.0. The number of halogens is 2. The maximum absolute atomic E-state index is 15.2. The molecule has 1 N–H and O–H groups in total. The molecule has 0 aliphatic heterocycles. The van der Waals surface area contributed by atoms with E-state index in [1.165, 1.54) is 13.0 Å². The van der Waals surface area contributed by atoms with Gasteiger partial charge in [0, 0.05) is 105 Å². The van der Waals surface area contributed by atoms with Crippen LogP contribution in [0, 0.1) is 32.5 Å². The summed E-state index contributed by atoms with van der Waals surface area (Å²) in [5, 5.41) is 10.9. The molecular weight excluding hydrogens is 489 g/mol. The molecule has 1 heterocycles. The fourth-order valence-electron chi connectivity index (χ4n) is 6.30. The zero-order valence-corrected chi connectivity index (χ0v) is 22.6. The second kappa shape index (κ2) is 8.63. The van der Waals surface area contributed by atoms with E-state index in [0.717, 1.165) is 34.2 Å². The molecule has 2 aromatic carbocycles. The maximum Gasteiger partial charge on any atom is 0.304 e. The molecule has 3 aromatic rings. The molecule has 1 aliphatic rings. The Morgan fingerprint density at radius 1 is 1.20 bits per heavy atom. The van der Waals surface area contributed by atoms with Gasteiger partial charge in [0.1, 0.15) is 5.82 Å². The molecule has 4 atom stereocenters. The lowest BCUT2D eigenvalue weighted by Gasteiger charge is -2.27.